The first kappa shape index (κ1) is 16.0. The van der Waals surface area contributed by atoms with Gasteiger partial charge in [-0.25, -0.2) is 0 Å². The van der Waals surface area contributed by atoms with Crippen molar-refractivity contribution in [2.45, 2.75) is 45.7 Å². The number of hydrogen-bond donors (Lipinski definition) is 1. The van der Waals surface area contributed by atoms with E-state index in [-0.39, 0.29) is 0 Å². The standard InChI is InChI=1S/C17H22N6O2/c1-11(2)17-21-20-14-6-5-12(10-23(14)17)8-18-9-15-19-16(22-25-15)13-4-3-7-24-13/h3-4,7,11-12,18H,5-6,8-10H2,1-2H3/t12-/m1/s1. The van der Waals surface area contributed by atoms with Crippen LogP contribution in [0.2, 0.25) is 0 Å². The molecule has 0 fully saturated rings. The molecule has 1 aliphatic rings. The van der Waals surface area contributed by atoms with E-state index in [2.05, 4.69) is 44.1 Å². The molecule has 0 aromatic carbocycles. The third-order valence-corrected chi connectivity index (χ3v) is 4.51. The normalized spacial score (nSPS) is 17.2. The molecule has 1 atom stereocenters. The Hall–Kier alpha value is -2.48. The molecular formula is C17H22N6O2. The highest BCUT2D eigenvalue weighted by molar-refractivity contribution is 5.44. The molecule has 0 radical (unpaired) electrons. The number of furan rings is 1. The van der Waals surface area contributed by atoms with Crippen LogP contribution in [0.4, 0.5) is 0 Å². The fourth-order valence-corrected chi connectivity index (χ4v) is 3.23. The van der Waals surface area contributed by atoms with E-state index in [9.17, 15) is 0 Å². The topological polar surface area (TPSA) is 94.8 Å². The van der Waals surface area contributed by atoms with Crippen molar-refractivity contribution in [3.05, 3.63) is 35.9 Å². The van der Waals surface area contributed by atoms with Crippen LogP contribution in [0.1, 0.15) is 43.7 Å². The van der Waals surface area contributed by atoms with Gasteiger partial charge in [0.1, 0.15) is 11.6 Å². The first-order chi connectivity index (χ1) is 12.2. The molecule has 132 valence electrons. The van der Waals surface area contributed by atoms with Gasteiger partial charge in [-0.1, -0.05) is 19.0 Å². The lowest BCUT2D eigenvalue weighted by Crippen LogP contribution is -2.30. The van der Waals surface area contributed by atoms with Gasteiger partial charge in [-0.3, -0.25) is 0 Å². The van der Waals surface area contributed by atoms with Crippen LogP contribution < -0.4 is 5.32 Å². The van der Waals surface area contributed by atoms with Gasteiger partial charge in [-0.05, 0) is 24.5 Å². The SMILES string of the molecule is CC(C)c1nnc2n1C[C@@H](CNCc1nc(-c3ccco3)no1)CC2. The van der Waals surface area contributed by atoms with E-state index >= 15 is 0 Å². The molecule has 1 aliphatic heterocycles. The van der Waals surface area contributed by atoms with Crippen molar-refractivity contribution in [3.8, 4) is 11.6 Å². The molecule has 0 bridgehead atoms. The fourth-order valence-electron chi connectivity index (χ4n) is 3.23. The Labute approximate surface area is 145 Å². The van der Waals surface area contributed by atoms with Crippen LogP contribution in [-0.2, 0) is 19.5 Å². The molecule has 0 aliphatic carbocycles. The highest BCUT2D eigenvalue weighted by Crippen LogP contribution is 2.23. The third-order valence-electron chi connectivity index (χ3n) is 4.51. The van der Waals surface area contributed by atoms with E-state index in [0.717, 1.165) is 37.6 Å². The molecule has 0 unspecified atom stereocenters. The van der Waals surface area contributed by atoms with Crippen LogP contribution in [0.3, 0.4) is 0 Å². The van der Waals surface area contributed by atoms with Crippen LogP contribution in [0.15, 0.2) is 27.3 Å². The number of rotatable bonds is 6. The zero-order valence-corrected chi connectivity index (χ0v) is 14.5. The second kappa shape index (κ2) is 6.79. The quantitative estimate of drug-likeness (QED) is 0.735. The van der Waals surface area contributed by atoms with Gasteiger partial charge in [0.05, 0.1) is 12.8 Å². The molecule has 4 heterocycles. The first-order valence-electron chi connectivity index (χ1n) is 8.70. The molecule has 25 heavy (non-hydrogen) atoms. The Morgan fingerprint density at radius 1 is 1.36 bits per heavy atom. The largest absolute Gasteiger partial charge is 0.461 e. The van der Waals surface area contributed by atoms with E-state index in [4.69, 9.17) is 8.94 Å². The van der Waals surface area contributed by atoms with Gasteiger partial charge in [0, 0.05) is 25.4 Å². The first-order valence-corrected chi connectivity index (χ1v) is 8.70. The summed E-state index contributed by atoms with van der Waals surface area (Å²) >= 11 is 0. The van der Waals surface area contributed by atoms with Gasteiger partial charge in [-0.2, -0.15) is 4.98 Å². The smallest absolute Gasteiger partial charge is 0.241 e. The van der Waals surface area contributed by atoms with Gasteiger partial charge in [0.25, 0.3) is 0 Å². The van der Waals surface area contributed by atoms with Crippen molar-refractivity contribution in [1.82, 2.24) is 30.2 Å². The zero-order valence-electron chi connectivity index (χ0n) is 14.5. The van der Waals surface area contributed by atoms with Crippen LogP contribution >= 0.6 is 0 Å². The number of nitrogens with one attached hydrogen (secondary N) is 1. The lowest BCUT2D eigenvalue weighted by atomic mass is 9.98. The van der Waals surface area contributed by atoms with Gasteiger partial charge < -0.3 is 18.8 Å². The van der Waals surface area contributed by atoms with E-state index in [1.807, 2.05) is 6.07 Å². The summed E-state index contributed by atoms with van der Waals surface area (Å²) in [7, 11) is 0. The summed E-state index contributed by atoms with van der Waals surface area (Å²) in [5.41, 5.74) is 0. The Balaban J connectivity index is 1.31. The molecule has 0 saturated heterocycles. The Morgan fingerprint density at radius 3 is 3.08 bits per heavy atom. The molecular weight excluding hydrogens is 320 g/mol. The Kier molecular flexibility index (Phi) is 4.35. The summed E-state index contributed by atoms with van der Waals surface area (Å²) < 4.78 is 12.8. The molecule has 8 nitrogen and oxygen atoms in total. The minimum Gasteiger partial charge on any atom is -0.461 e. The van der Waals surface area contributed by atoms with Crippen LogP contribution in [0.25, 0.3) is 11.6 Å². The molecule has 0 spiro atoms. The Bertz CT molecular complexity index is 820. The van der Waals surface area contributed by atoms with Crippen LogP contribution in [0, 0.1) is 5.92 Å². The van der Waals surface area contributed by atoms with E-state index in [1.165, 1.54) is 0 Å². The molecule has 0 saturated carbocycles. The van der Waals surface area contributed by atoms with Crippen LogP contribution in [0.5, 0.6) is 0 Å². The molecule has 0 amide bonds. The summed E-state index contributed by atoms with van der Waals surface area (Å²) in [6, 6.07) is 3.62. The summed E-state index contributed by atoms with van der Waals surface area (Å²) in [6.45, 7) is 6.73. The molecule has 3 aromatic rings. The highest BCUT2D eigenvalue weighted by Gasteiger charge is 2.23. The van der Waals surface area contributed by atoms with E-state index < -0.39 is 0 Å². The van der Waals surface area contributed by atoms with Crippen molar-refractivity contribution >= 4 is 0 Å². The van der Waals surface area contributed by atoms with Crippen molar-refractivity contribution in [3.63, 3.8) is 0 Å². The summed E-state index contributed by atoms with van der Waals surface area (Å²) in [5, 5.41) is 16.0. The maximum absolute atomic E-state index is 5.27. The summed E-state index contributed by atoms with van der Waals surface area (Å²) in [4.78, 5) is 4.34. The van der Waals surface area contributed by atoms with Gasteiger partial charge in [0.2, 0.25) is 11.7 Å². The minimum absolute atomic E-state index is 0.395. The molecule has 3 aromatic heterocycles. The van der Waals surface area contributed by atoms with Crippen molar-refractivity contribution in [1.29, 1.82) is 0 Å². The fraction of sp³-hybridized carbons (Fsp3) is 0.529. The highest BCUT2D eigenvalue weighted by atomic mass is 16.5. The van der Waals surface area contributed by atoms with Crippen molar-refractivity contribution < 1.29 is 8.94 Å². The number of aromatic nitrogens is 5. The minimum atomic E-state index is 0.395. The predicted octanol–water partition coefficient (Wildman–Crippen LogP) is 2.40. The average Bonchev–Trinajstić information content (AvgIpc) is 3.34. The van der Waals surface area contributed by atoms with Crippen molar-refractivity contribution in [2.24, 2.45) is 5.92 Å². The van der Waals surface area contributed by atoms with Crippen molar-refractivity contribution in [2.75, 3.05) is 6.54 Å². The number of hydrogen-bond acceptors (Lipinski definition) is 7. The lowest BCUT2D eigenvalue weighted by Gasteiger charge is -2.25. The predicted molar refractivity (Wildman–Crippen MR) is 89.6 cm³/mol. The van der Waals surface area contributed by atoms with E-state index in [1.54, 1.807) is 12.3 Å². The van der Waals surface area contributed by atoms with Gasteiger partial charge in [0.15, 0.2) is 5.76 Å². The second-order valence-electron chi connectivity index (χ2n) is 6.76. The number of nitrogens with zero attached hydrogens (tertiary/aromatic N) is 5. The summed E-state index contributed by atoms with van der Waals surface area (Å²) in [6.07, 6.45) is 3.69. The number of aryl methyl sites for hydroxylation is 1. The molecule has 4 rings (SSSR count). The van der Waals surface area contributed by atoms with E-state index in [0.29, 0.717) is 35.9 Å². The monoisotopic (exact) mass is 342 g/mol. The Morgan fingerprint density at radius 2 is 2.28 bits per heavy atom. The van der Waals surface area contributed by atoms with Crippen LogP contribution in [-0.4, -0.2) is 31.4 Å². The third kappa shape index (κ3) is 3.34. The average molecular weight is 342 g/mol. The van der Waals surface area contributed by atoms with Gasteiger partial charge >= 0.3 is 0 Å². The maximum Gasteiger partial charge on any atom is 0.241 e. The number of fused-ring (bicyclic) bond motifs is 1. The lowest BCUT2D eigenvalue weighted by molar-refractivity contribution is 0.322. The molecule has 8 heteroatoms. The van der Waals surface area contributed by atoms with Gasteiger partial charge in [-0.15, -0.1) is 10.2 Å². The zero-order chi connectivity index (χ0) is 17.2. The maximum atomic E-state index is 5.27. The summed E-state index contributed by atoms with van der Waals surface area (Å²) in [5.74, 6) is 4.80. The second-order valence-corrected chi connectivity index (χ2v) is 6.76. The molecule has 1 N–H and O–H groups in total.